The van der Waals surface area contributed by atoms with Gasteiger partial charge in [-0.3, -0.25) is 4.79 Å². The molecule has 0 bridgehead atoms. The summed E-state index contributed by atoms with van der Waals surface area (Å²) in [4.78, 5) is 18.6. The third-order valence-corrected chi connectivity index (χ3v) is 3.49. The van der Waals surface area contributed by atoms with Crippen LogP contribution in [0.5, 0.6) is 11.5 Å². The van der Waals surface area contributed by atoms with Crippen LogP contribution in [0.2, 0.25) is 0 Å². The van der Waals surface area contributed by atoms with Crippen molar-refractivity contribution in [1.82, 2.24) is 9.97 Å². The summed E-state index contributed by atoms with van der Waals surface area (Å²) in [6.45, 7) is 0. The summed E-state index contributed by atoms with van der Waals surface area (Å²) in [5, 5.41) is 9.48. The molecule has 6 nitrogen and oxygen atoms in total. The van der Waals surface area contributed by atoms with Crippen molar-refractivity contribution in [1.29, 1.82) is 5.26 Å². The number of halogens is 1. The molecule has 0 saturated carbocycles. The maximum absolute atomic E-state index is 14.1. The third-order valence-electron chi connectivity index (χ3n) is 2.91. The number of nitriles is 1. The second kappa shape index (κ2) is 6.49. The lowest BCUT2D eigenvalue weighted by Crippen LogP contribution is -2.14. The van der Waals surface area contributed by atoms with E-state index >= 15 is 0 Å². The number of aromatic amines is 1. The van der Waals surface area contributed by atoms with Crippen molar-refractivity contribution in [2.45, 2.75) is 5.16 Å². The predicted molar refractivity (Wildman–Crippen MR) is 79.9 cm³/mol. The van der Waals surface area contributed by atoms with Crippen molar-refractivity contribution in [3.63, 3.8) is 0 Å². The SMILES string of the molecule is COc1cc(-c2nc(SC)[nH]c(=O)c2C#N)cc(F)c1OC. The van der Waals surface area contributed by atoms with Crippen LogP contribution in [0.1, 0.15) is 5.56 Å². The summed E-state index contributed by atoms with van der Waals surface area (Å²) in [5.74, 6) is -0.581. The molecule has 1 N–H and O–H groups in total. The maximum atomic E-state index is 14.1. The normalized spacial score (nSPS) is 10.1. The number of methoxy groups -OCH3 is 2. The average Bonchev–Trinajstić information content (AvgIpc) is 2.52. The summed E-state index contributed by atoms with van der Waals surface area (Å²) < 4.78 is 24.1. The van der Waals surface area contributed by atoms with Gasteiger partial charge in [0.15, 0.2) is 22.5 Å². The monoisotopic (exact) mass is 321 g/mol. The predicted octanol–water partition coefficient (Wildman–Crippen LogP) is 2.19. The van der Waals surface area contributed by atoms with Crippen molar-refractivity contribution < 1.29 is 13.9 Å². The van der Waals surface area contributed by atoms with Gasteiger partial charge in [0.2, 0.25) is 0 Å². The topological polar surface area (TPSA) is 88.0 Å². The molecule has 0 unspecified atom stereocenters. The molecule has 0 spiro atoms. The van der Waals surface area contributed by atoms with Crippen molar-refractivity contribution in [2.24, 2.45) is 0 Å². The smallest absolute Gasteiger partial charge is 0.270 e. The average molecular weight is 321 g/mol. The molecule has 22 heavy (non-hydrogen) atoms. The van der Waals surface area contributed by atoms with E-state index in [2.05, 4.69) is 9.97 Å². The molecule has 0 aliphatic rings. The van der Waals surface area contributed by atoms with E-state index in [1.807, 2.05) is 0 Å². The van der Waals surface area contributed by atoms with Crippen LogP contribution in [0, 0.1) is 17.1 Å². The molecule has 8 heteroatoms. The Balaban J connectivity index is 2.77. The molecule has 0 amide bonds. The first kappa shape index (κ1) is 15.9. The molecule has 2 aromatic rings. The van der Waals surface area contributed by atoms with Gasteiger partial charge in [-0.05, 0) is 18.4 Å². The first-order chi connectivity index (χ1) is 10.5. The number of hydrogen-bond acceptors (Lipinski definition) is 6. The summed E-state index contributed by atoms with van der Waals surface area (Å²) in [6, 6.07) is 4.40. The molecule has 0 saturated heterocycles. The van der Waals surface area contributed by atoms with Crippen LogP contribution in [0.3, 0.4) is 0 Å². The molecule has 1 aromatic carbocycles. The van der Waals surface area contributed by atoms with Crippen LogP contribution >= 0.6 is 11.8 Å². The van der Waals surface area contributed by atoms with Crippen molar-refractivity contribution >= 4 is 11.8 Å². The molecule has 0 atom stereocenters. The minimum absolute atomic E-state index is 0.0558. The van der Waals surface area contributed by atoms with Crippen molar-refractivity contribution in [2.75, 3.05) is 20.5 Å². The van der Waals surface area contributed by atoms with Gasteiger partial charge >= 0.3 is 0 Å². The summed E-state index contributed by atoms with van der Waals surface area (Å²) in [6.07, 6.45) is 1.73. The Kier molecular flexibility index (Phi) is 4.68. The quantitative estimate of drug-likeness (QED) is 0.686. The highest BCUT2D eigenvalue weighted by atomic mass is 32.2. The molecule has 1 aromatic heterocycles. The zero-order chi connectivity index (χ0) is 16.3. The van der Waals surface area contributed by atoms with Crippen LogP contribution < -0.4 is 15.0 Å². The second-order valence-electron chi connectivity index (χ2n) is 4.10. The lowest BCUT2D eigenvalue weighted by Gasteiger charge is -2.11. The van der Waals surface area contributed by atoms with E-state index in [0.29, 0.717) is 5.16 Å². The number of benzene rings is 1. The number of nitrogens with one attached hydrogen (secondary N) is 1. The minimum atomic E-state index is -0.673. The first-order valence-corrected chi connectivity index (χ1v) is 7.28. The van der Waals surface area contributed by atoms with Gasteiger partial charge in [0.05, 0.1) is 19.9 Å². The van der Waals surface area contributed by atoms with E-state index in [1.54, 1.807) is 12.3 Å². The summed E-state index contributed by atoms with van der Waals surface area (Å²) >= 11 is 1.21. The van der Waals surface area contributed by atoms with Crippen LogP contribution in [-0.2, 0) is 0 Å². The number of hydrogen-bond donors (Lipinski definition) is 1. The molecule has 1 heterocycles. The standard InChI is InChI=1S/C14H12FN3O3S/c1-20-10-5-7(4-9(15)12(10)21-2)11-8(6-16)13(19)18-14(17-11)22-3/h4-5H,1-3H3,(H,17,18,19). The van der Waals surface area contributed by atoms with Gasteiger partial charge in [0.1, 0.15) is 11.6 Å². The van der Waals surface area contributed by atoms with Gasteiger partial charge in [-0.2, -0.15) is 5.26 Å². The highest BCUT2D eigenvalue weighted by Gasteiger charge is 2.18. The summed E-state index contributed by atoms with van der Waals surface area (Å²) in [5.41, 5.74) is -0.417. The molecule has 0 fully saturated rings. The van der Waals surface area contributed by atoms with E-state index in [1.165, 1.54) is 32.0 Å². The third kappa shape index (κ3) is 2.76. The molecule has 0 aliphatic carbocycles. The Bertz CT molecular complexity index is 814. The zero-order valence-corrected chi connectivity index (χ0v) is 12.9. The first-order valence-electron chi connectivity index (χ1n) is 6.06. The Hall–Kier alpha value is -2.53. The molecule has 0 radical (unpaired) electrons. The van der Waals surface area contributed by atoms with Crippen molar-refractivity contribution in [3.8, 4) is 28.8 Å². The van der Waals surface area contributed by atoms with Crippen LogP contribution in [0.15, 0.2) is 22.1 Å². The fourth-order valence-electron chi connectivity index (χ4n) is 1.92. The van der Waals surface area contributed by atoms with E-state index < -0.39 is 11.4 Å². The fourth-order valence-corrected chi connectivity index (χ4v) is 2.29. The number of ether oxygens (including phenoxy) is 2. The summed E-state index contributed by atoms with van der Waals surface area (Å²) in [7, 11) is 2.68. The largest absolute Gasteiger partial charge is 0.493 e. The fraction of sp³-hybridized carbons (Fsp3) is 0.214. The Morgan fingerprint density at radius 2 is 2.09 bits per heavy atom. The van der Waals surface area contributed by atoms with E-state index in [-0.39, 0.29) is 28.3 Å². The lowest BCUT2D eigenvalue weighted by molar-refractivity contribution is 0.338. The van der Waals surface area contributed by atoms with Crippen molar-refractivity contribution in [3.05, 3.63) is 33.9 Å². The number of rotatable bonds is 4. The van der Waals surface area contributed by atoms with Crippen LogP contribution in [-0.4, -0.2) is 30.4 Å². The zero-order valence-electron chi connectivity index (χ0n) is 12.1. The number of thioether (sulfide) groups is 1. The molecule has 2 rings (SSSR count). The van der Waals surface area contributed by atoms with Gasteiger partial charge in [-0.25, -0.2) is 9.37 Å². The van der Waals surface area contributed by atoms with Gasteiger partial charge in [0.25, 0.3) is 5.56 Å². The van der Waals surface area contributed by atoms with E-state index in [4.69, 9.17) is 14.7 Å². The molecular formula is C14H12FN3O3S. The van der Waals surface area contributed by atoms with Gasteiger partial charge < -0.3 is 14.5 Å². The molecule has 114 valence electrons. The van der Waals surface area contributed by atoms with Gasteiger partial charge in [-0.1, -0.05) is 11.8 Å². The number of nitrogens with zero attached hydrogens (tertiary/aromatic N) is 2. The lowest BCUT2D eigenvalue weighted by atomic mass is 10.1. The maximum Gasteiger partial charge on any atom is 0.270 e. The highest BCUT2D eigenvalue weighted by Crippen LogP contribution is 2.35. The van der Waals surface area contributed by atoms with Crippen LogP contribution in [0.4, 0.5) is 4.39 Å². The molecule has 0 aliphatic heterocycles. The van der Waals surface area contributed by atoms with E-state index in [0.717, 1.165) is 6.07 Å². The molecular weight excluding hydrogens is 309 g/mol. The van der Waals surface area contributed by atoms with Crippen LogP contribution in [0.25, 0.3) is 11.3 Å². The Labute approximate surface area is 129 Å². The van der Waals surface area contributed by atoms with Gasteiger partial charge in [-0.15, -0.1) is 0 Å². The number of aromatic nitrogens is 2. The second-order valence-corrected chi connectivity index (χ2v) is 4.90. The minimum Gasteiger partial charge on any atom is -0.493 e. The van der Waals surface area contributed by atoms with E-state index in [9.17, 15) is 9.18 Å². The number of H-pyrrole nitrogens is 1. The highest BCUT2D eigenvalue weighted by molar-refractivity contribution is 7.98. The Morgan fingerprint density at radius 1 is 1.36 bits per heavy atom. The van der Waals surface area contributed by atoms with Gasteiger partial charge in [0, 0.05) is 5.56 Å². The Morgan fingerprint density at radius 3 is 2.64 bits per heavy atom.